The lowest BCUT2D eigenvalue weighted by atomic mass is 10.00. The van der Waals surface area contributed by atoms with Gasteiger partial charge in [0, 0.05) is 32.0 Å². The molecule has 0 amide bonds. The fourth-order valence-electron chi connectivity index (χ4n) is 2.54. The van der Waals surface area contributed by atoms with E-state index in [2.05, 4.69) is 40.2 Å². The Morgan fingerprint density at radius 2 is 2.10 bits per heavy atom. The van der Waals surface area contributed by atoms with E-state index in [1.54, 1.807) is 0 Å². The van der Waals surface area contributed by atoms with Gasteiger partial charge in [-0.15, -0.1) is 24.0 Å². The van der Waals surface area contributed by atoms with Crippen LogP contribution in [0.5, 0.6) is 0 Å². The van der Waals surface area contributed by atoms with Crippen LogP contribution in [-0.4, -0.2) is 33.5 Å². The molecule has 1 aromatic rings. The molecule has 0 atom stereocenters. The zero-order chi connectivity index (χ0) is 14.5. The van der Waals surface area contributed by atoms with Crippen LogP contribution in [-0.2, 0) is 13.1 Å². The van der Waals surface area contributed by atoms with E-state index in [1.165, 1.54) is 12.8 Å². The van der Waals surface area contributed by atoms with Crippen molar-refractivity contribution >= 4 is 29.9 Å². The molecule has 2 N–H and O–H groups in total. The number of imidazole rings is 1. The number of aromatic nitrogens is 2. The molecule has 2 heterocycles. The van der Waals surface area contributed by atoms with Crippen LogP contribution < -0.4 is 5.73 Å². The number of nitrogens with two attached hydrogens (primary N) is 1. The highest BCUT2D eigenvalue weighted by Crippen LogP contribution is 2.15. The Bertz CT molecular complexity index is 447. The second-order valence-corrected chi connectivity index (χ2v) is 6.23. The molecule has 0 unspecified atom stereocenters. The number of aliphatic imine (C=N–C) groups is 1. The largest absolute Gasteiger partial charge is 0.370 e. The van der Waals surface area contributed by atoms with Crippen molar-refractivity contribution < 1.29 is 0 Å². The molecule has 6 heteroatoms. The molecular formula is C15H28IN5. The smallest absolute Gasteiger partial charge is 0.191 e. The molecule has 1 saturated heterocycles. The molecule has 0 radical (unpaired) electrons. The van der Waals surface area contributed by atoms with Gasteiger partial charge in [0.05, 0.1) is 0 Å². The third kappa shape index (κ3) is 5.48. The van der Waals surface area contributed by atoms with Gasteiger partial charge in [-0.05, 0) is 24.7 Å². The van der Waals surface area contributed by atoms with Crippen molar-refractivity contribution in [3.8, 4) is 0 Å². The number of nitrogens with zero attached hydrogens (tertiary/aromatic N) is 4. The third-order valence-corrected chi connectivity index (χ3v) is 3.85. The highest BCUT2D eigenvalue weighted by Gasteiger charge is 2.17. The quantitative estimate of drug-likeness (QED) is 0.476. The summed E-state index contributed by atoms with van der Waals surface area (Å²) in [4.78, 5) is 11.1. The topological polar surface area (TPSA) is 59.4 Å². The maximum absolute atomic E-state index is 6.10. The Kier molecular flexibility index (Phi) is 7.48. The van der Waals surface area contributed by atoms with Crippen molar-refractivity contribution in [2.75, 3.05) is 13.1 Å². The molecule has 0 bridgehead atoms. The van der Waals surface area contributed by atoms with Crippen molar-refractivity contribution in [3.63, 3.8) is 0 Å². The maximum Gasteiger partial charge on any atom is 0.191 e. The second kappa shape index (κ2) is 8.60. The second-order valence-electron chi connectivity index (χ2n) is 6.23. The van der Waals surface area contributed by atoms with Crippen LogP contribution in [0, 0.1) is 11.8 Å². The number of hydrogen-bond donors (Lipinski definition) is 1. The first kappa shape index (κ1) is 18.3. The molecule has 0 aromatic carbocycles. The zero-order valence-corrected chi connectivity index (χ0v) is 15.7. The number of guanidine groups is 1. The van der Waals surface area contributed by atoms with Gasteiger partial charge < -0.3 is 15.2 Å². The van der Waals surface area contributed by atoms with Crippen LogP contribution >= 0.6 is 24.0 Å². The van der Waals surface area contributed by atoms with Crippen LogP contribution in [0.25, 0.3) is 0 Å². The van der Waals surface area contributed by atoms with Gasteiger partial charge in [-0.1, -0.05) is 20.8 Å². The molecule has 1 aliphatic rings. The van der Waals surface area contributed by atoms with Crippen LogP contribution in [0.4, 0.5) is 0 Å². The van der Waals surface area contributed by atoms with E-state index < -0.39 is 0 Å². The molecule has 120 valence electrons. The van der Waals surface area contributed by atoms with E-state index in [0.29, 0.717) is 18.4 Å². The average Bonchev–Trinajstić information content (AvgIpc) is 2.83. The van der Waals surface area contributed by atoms with Crippen molar-refractivity contribution in [3.05, 3.63) is 18.2 Å². The van der Waals surface area contributed by atoms with E-state index in [4.69, 9.17) is 5.73 Å². The average molecular weight is 405 g/mol. The summed E-state index contributed by atoms with van der Waals surface area (Å²) in [6.45, 7) is 10.3. The molecule has 0 spiro atoms. The summed E-state index contributed by atoms with van der Waals surface area (Å²) in [5.74, 6) is 3.07. The summed E-state index contributed by atoms with van der Waals surface area (Å²) in [7, 11) is 0. The molecule has 0 aliphatic carbocycles. The monoisotopic (exact) mass is 405 g/mol. The van der Waals surface area contributed by atoms with Crippen molar-refractivity contribution in [1.29, 1.82) is 0 Å². The minimum atomic E-state index is 0. The van der Waals surface area contributed by atoms with Gasteiger partial charge >= 0.3 is 0 Å². The fraction of sp³-hybridized carbons (Fsp3) is 0.733. The minimum absolute atomic E-state index is 0. The Morgan fingerprint density at radius 3 is 2.71 bits per heavy atom. The van der Waals surface area contributed by atoms with Gasteiger partial charge in [-0.2, -0.15) is 0 Å². The maximum atomic E-state index is 6.10. The highest BCUT2D eigenvalue weighted by atomic mass is 127. The molecule has 1 aromatic heterocycles. The summed E-state index contributed by atoms with van der Waals surface area (Å²) >= 11 is 0. The molecular weight excluding hydrogens is 377 g/mol. The van der Waals surface area contributed by atoms with E-state index in [1.807, 2.05) is 12.4 Å². The molecule has 5 nitrogen and oxygen atoms in total. The van der Waals surface area contributed by atoms with Gasteiger partial charge in [0.2, 0.25) is 0 Å². The first-order valence-corrected chi connectivity index (χ1v) is 7.61. The van der Waals surface area contributed by atoms with Gasteiger partial charge in [0.25, 0.3) is 0 Å². The molecule has 21 heavy (non-hydrogen) atoms. The highest BCUT2D eigenvalue weighted by molar-refractivity contribution is 14.0. The minimum Gasteiger partial charge on any atom is -0.370 e. The van der Waals surface area contributed by atoms with E-state index in [-0.39, 0.29) is 24.0 Å². The summed E-state index contributed by atoms with van der Waals surface area (Å²) in [6.07, 6.45) is 6.27. The Balaban J connectivity index is 0.00000220. The van der Waals surface area contributed by atoms with Crippen LogP contribution in [0.2, 0.25) is 0 Å². The lowest BCUT2D eigenvalue weighted by Gasteiger charge is -2.31. The van der Waals surface area contributed by atoms with E-state index in [0.717, 1.165) is 31.4 Å². The van der Waals surface area contributed by atoms with Gasteiger partial charge in [-0.3, -0.25) is 0 Å². The predicted octanol–water partition coefficient (Wildman–Crippen LogP) is 2.70. The number of rotatable bonds is 4. The van der Waals surface area contributed by atoms with E-state index >= 15 is 0 Å². The molecule has 0 saturated carbocycles. The molecule has 1 fully saturated rings. The fourth-order valence-corrected chi connectivity index (χ4v) is 2.54. The third-order valence-electron chi connectivity index (χ3n) is 3.85. The molecule has 2 rings (SSSR count). The van der Waals surface area contributed by atoms with Gasteiger partial charge in [-0.25, -0.2) is 9.98 Å². The van der Waals surface area contributed by atoms with Crippen molar-refractivity contribution in [2.24, 2.45) is 22.6 Å². The lowest BCUT2D eigenvalue weighted by molar-refractivity contribution is 0.277. The normalized spacial score (nSPS) is 17.1. The first-order chi connectivity index (χ1) is 9.56. The SMILES string of the molecule is CC(C)Cn1ccnc1CN=C(N)N1CCC(C)CC1.I. The van der Waals surface area contributed by atoms with E-state index in [9.17, 15) is 0 Å². The Labute approximate surface area is 145 Å². The van der Waals surface area contributed by atoms with Gasteiger partial charge in [0.1, 0.15) is 12.4 Å². The standard InChI is InChI=1S/C15H27N5.HI/c1-12(2)11-20-9-6-17-14(20)10-18-15(16)19-7-4-13(3)5-8-19;/h6,9,12-13H,4-5,7-8,10-11H2,1-3H3,(H2,16,18);1H. The number of halogens is 1. The van der Waals surface area contributed by atoms with Crippen LogP contribution in [0.1, 0.15) is 39.4 Å². The first-order valence-electron chi connectivity index (χ1n) is 7.61. The number of likely N-dealkylation sites (tertiary alicyclic amines) is 1. The van der Waals surface area contributed by atoms with Crippen molar-refractivity contribution in [2.45, 2.75) is 46.7 Å². The zero-order valence-electron chi connectivity index (χ0n) is 13.3. The summed E-state index contributed by atoms with van der Waals surface area (Å²) < 4.78 is 2.17. The summed E-state index contributed by atoms with van der Waals surface area (Å²) in [6, 6.07) is 0. The number of hydrogen-bond acceptors (Lipinski definition) is 2. The predicted molar refractivity (Wildman–Crippen MR) is 97.8 cm³/mol. The Morgan fingerprint density at radius 1 is 1.43 bits per heavy atom. The summed E-state index contributed by atoms with van der Waals surface area (Å²) in [5.41, 5.74) is 6.10. The molecule has 1 aliphatic heterocycles. The van der Waals surface area contributed by atoms with Crippen LogP contribution in [0.15, 0.2) is 17.4 Å². The lowest BCUT2D eigenvalue weighted by Crippen LogP contribution is -2.42. The number of piperidine rings is 1. The Hall–Kier alpha value is -0.790. The van der Waals surface area contributed by atoms with Crippen molar-refractivity contribution in [1.82, 2.24) is 14.5 Å². The van der Waals surface area contributed by atoms with Crippen LogP contribution in [0.3, 0.4) is 0 Å². The van der Waals surface area contributed by atoms with Gasteiger partial charge in [0.15, 0.2) is 5.96 Å². The summed E-state index contributed by atoms with van der Waals surface area (Å²) in [5, 5.41) is 0.